The third kappa shape index (κ3) is 2.65. The van der Waals surface area contributed by atoms with Gasteiger partial charge in [0, 0.05) is 17.3 Å². The number of methoxy groups -OCH3 is 1. The minimum absolute atomic E-state index is 0.0735. The summed E-state index contributed by atoms with van der Waals surface area (Å²) >= 11 is 0. The summed E-state index contributed by atoms with van der Waals surface area (Å²) in [7, 11) is 1.30. The maximum absolute atomic E-state index is 12.7. The van der Waals surface area contributed by atoms with Crippen molar-refractivity contribution in [2.75, 3.05) is 7.11 Å². The van der Waals surface area contributed by atoms with Gasteiger partial charge < -0.3 is 9.84 Å². The van der Waals surface area contributed by atoms with E-state index in [2.05, 4.69) is 4.98 Å². The minimum atomic E-state index is -2.82. The Kier molecular flexibility index (Phi) is 3.76. The molecular weight excluding hydrogens is 220 g/mol. The molecule has 0 amide bonds. The highest BCUT2D eigenvalue weighted by molar-refractivity contribution is 5.72. The molecule has 0 saturated heterocycles. The second kappa shape index (κ2) is 4.87. The van der Waals surface area contributed by atoms with Crippen molar-refractivity contribution in [1.82, 2.24) is 4.98 Å². The van der Waals surface area contributed by atoms with Crippen LogP contribution in [0, 0.1) is 6.92 Å². The number of ether oxygens (including phenoxy) is 1. The Morgan fingerprint density at radius 2 is 2.25 bits per heavy atom. The van der Waals surface area contributed by atoms with Crippen molar-refractivity contribution < 1.29 is 23.4 Å². The lowest BCUT2D eigenvalue weighted by atomic mass is 10.1. The number of aromatic nitrogens is 1. The van der Waals surface area contributed by atoms with Gasteiger partial charge in [-0.05, 0) is 6.92 Å². The molecule has 1 aromatic rings. The zero-order valence-corrected chi connectivity index (χ0v) is 8.83. The smallest absolute Gasteiger partial charge is 0.308 e. The number of carboxylic acids is 1. The summed E-state index contributed by atoms with van der Waals surface area (Å²) in [5, 5.41) is 8.63. The number of hydrogen-bond acceptors (Lipinski definition) is 3. The van der Waals surface area contributed by atoms with Gasteiger partial charge in [-0.25, -0.2) is 8.78 Å². The third-order valence-corrected chi connectivity index (χ3v) is 2.00. The number of hydrogen-bond donors (Lipinski definition) is 1. The first kappa shape index (κ1) is 12.4. The Balaban J connectivity index is 3.32. The molecule has 0 aliphatic carbocycles. The molecule has 1 rings (SSSR count). The Morgan fingerprint density at radius 3 is 2.69 bits per heavy atom. The monoisotopic (exact) mass is 231 g/mol. The highest BCUT2D eigenvalue weighted by Crippen LogP contribution is 2.29. The predicted molar refractivity (Wildman–Crippen MR) is 51.8 cm³/mol. The van der Waals surface area contributed by atoms with E-state index in [9.17, 15) is 13.6 Å². The number of rotatable bonds is 4. The van der Waals surface area contributed by atoms with Crippen molar-refractivity contribution in [3.8, 4) is 5.75 Å². The van der Waals surface area contributed by atoms with E-state index < -0.39 is 24.5 Å². The number of carboxylic acid groups (broad SMARTS) is 1. The molecular formula is C10H11F2NO3. The summed E-state index contributed by atoms with van der Waals surface area (Å²) in [6.07, 6.45) is -3.35. The van der Waals surface area contributed by atoms with E-state index >= 15 is 0 Å². The van der Waals surface area contributed by atoms with E-state index in [0.29, 0.717) is 5.69 Å². The number of alkyl halides is 2. The number of pyridine rings is 1. The second-order valence-corrected chi connectivity index (χ2v) is 3.20. The number of nitrogens with zero attached hydrogens (tertiary/aromatic N) is 1. The molecule has 1 N–H and O–H groups in total. The normalized spacial score (nSPS) is 10.6. The van der Waals surface area contributed by atoms with Gasteiger partial charge in [0.25, 0.3) is 6.43 Å². The molecule has 4 nitrogen and oxygen atoms in total. The van der Waals surface area contributed by atoms with E-state index in [1.165, 1.54) is 13.2 Å². The van der Waals surface area contributed by atoms with E-state index in [1.54, 1.807) is 6.92 Å². The lowest BCUT2D eigenvalue weighted by Crippen LogP contribution is -2.09. The molecule has 0 aliphatic heterocycles. The summed E-state index contributed by atoms with van der Waals surface area (Å²) in [5.74, 6) is -1.07. The first-order valence-corrected chi connectivity index (χ1v) is 4.50. The average molecular weight is 231 g/mol. The maximum atomic E-state index is 12.7. The van der Waals surface area contributed by atoms with Gasteiger partial charge in [-0.1, -0.05) is 0 Å². The van der Waals surface area contributed by atoms with Gasteiger partial charge in [0.05, 0.1) is 13.5 Å². The van der Waals surface area contributed by atoms with E-state index in [0.717, 1.165) is 0 Å². The van der Waals surface area contributed by atoms with Crippen molar-refractivity contribution in [2.45, 2.75) is 19.8 Å². The van der Waals surface area contributed by atoms with Crippen molar-refractivity contribution in [3.63, 3.8) is 0 Å². The van der Waals surface area contributed by atoms with Crippen molar-refractivity contribution in [1.29, 1.82) is 0 Å². The first-order chi connectivity index (χ1) is 7.45. The van der Waals surface area contributed by atoms with Crippen LogP contribution in [0.25, 0.3) is 0 Å². The summed E-state index contributed by atoms with van der Waals surface area (Å²) in [5.41, 5.74) is -0.240. The summed E-state index contributed by atoms with van der Waals surface area (Å²) in [4.78, 5) is 14.2. The van der Waals surface area contributed by atoms with Crippen LogP contribution in [-0.2, 0) is 11.2 Å². The van der Waals surface area contributed by atoms with Crippen molar-refractivity contribution >= 4 is 5.97 Å². The van der Waals surface area contributed by atoms with Gasteiger partial charge in [-0.15, -0.1) is 0 Å². The van der Waals surface area contributed by atoms with Crippen LogP contribution >= 0.6 is 0 Å². The Labute approximate surface area is 90.9 Å². The van der Waals surface area contributed by atoms with E-state index in [-0.39, 0.29) is 11.3 Å². The molecule has 6 heteroatoms. The topological polar surface area (TPSA) is 59.4 Å². The Morgan fingerprint density at radius 1 is 1.62 bits per heavy atom. The van der Waals surface area contributed by atoms with Gasteiger partial charge >= 0.3 is 5.97 Å². The Hall–Kier alpha value is -1.72. The molecule has 0 bridgehead atoms. The van der Waals surface area contributed by atoms with Crippen LogP contribution in [0.15, 0.2) is 6.07 Å². The highest BCUT2D eigenvalue weighted by Gasteiger charge is 2.21. The molecule has 1 aromatic heterocycles. The molecule has 0 fully saturated rings. The molecule has 0 saturated carbocycles. The number of carbonyl (C=O) groups is 1. The van der Waals surface area contributed by atoms with E-state index in [4.69, 9.17) is 9.84 Å². The van der Waals surface area contributed by atoms with Crippen molar-refractivity contribution in [2.24, 2.45) is 0 Å². The number of aliphatic carboxylic acids is 1. The predicted octanol–water partition coefficient (Wildman–Crippen LogP) is 1.96. The van der Waals surface area contributed by atoms with Gasteiger partial charge in [-0.3, -0.25) is 9.78 Å². The molecule has 1 heterocycles. The fourth-order valence-electron chi connectivity index (χ4n) is 1.38. The van der Waals surface area contributed by atoms with Crippen molar-refractivity contribution in [3.05, 3.63) is 23.0 Å². The third-order valence-electron chi connectivity index (χ3n) is 2.00. The summed E-state index contributed by atoms with van der Waals surface area (Å²) in [6.45, 7) is 1.54. The van der Waals surface area contributed by atoms with Gasteiger partial charge in [0.1, 0.15) is 11.4 Å². The largest absolute Gasteiger partial charge is 0.496 e. The van der Waals surface area contributed by atoms with Crippen LogP contribution in [0.4, 0.5) is 8.78 Å². The number of aryl methyl sites for hydroxylation is 1. The van der Waals surface area contributed by atoms with Gasteiger partial charge in [-0.2, -0.15) is 0 Å². The summed E-state index contributed by atoms with van der Waals surface area (Å²) in [6, 6.07) is 1.43. The van der Waals surface area contributed by atoms with Crippen LogP contribution < -0.4 is 4.74 Å². The Bertz CT molecular complexity index is 407. The molecule has 88 valence electrons. The molecule has 0 aliphatic rings. The SMILES string of the molecule is COc1cc(C)nc(C(F)F)c1CC(=O)O. The maximum Gasteiger partial charge on any atom is 0.308 e. The quantitative estimate of drug-likeness (QED) is 0.860. The fraction of sp³-hybridized carbons (Fsp3) is 0.400. The zero-order chi connectivity index (χ0) is 12.3. The molecule has 16 heavy (non-hydrogen) atoms. The zero-order valence-electron chi connectivity index (χ0n) is 8.83. The molecule has 0 atom stereocenters. The van der Waals surface area contributed by atoms with Gasteiger partial charge in [0.2, 0.25) is 0 Å². The fourth-order valence-corrected chi connectivity index (χ4v) is 1.38. The lowest BCUT2D eigenvalue weighted by Gasteiger charge is -2.12. The van der Waals surface area contributed by atoms with Crippen LogP contribution in [0.1, 0.15) is 23.4 Å². The van der Waals surface area contributed by atoms with Gasteiger partial charge in [0.15, 0.2) is 0 Å². The molecule has 0 aromatic carbocycles. The second-order valence-electron chi connectivity index (χ2n) is 3.20. The number of halogens is 2. The molecule has 0 spiro atoms. The average Bonchev–Trinajstić information content (AvgIpc) is 2.19. The molecule has 0 radical (unpaired) electrons. The molecule has 0 unspecified atom stereocenters. The van der Waals surface area contributed by atoms with Crippen LogP contribution in [0.2, 0.25) is 0 Å². The first-order valence-electron chi connectivity index (χ1n) is 4.50. The highest BCUT2D eigenvalue weighted by atomic mass is 19.3. The standard InChI is InChI=1S/C10H11F2NO3/c1-5-3-7(16-2)6(4-8(14)15)9(13-5)10(11)12/h3,10H,4H2,1-2H3,(H,14,15). The lowest BCUT2D eigenvalue weighted by molar-refractivity contribution is -0.136. The van der Waals surface area contributed by atoms with E-state index in [1.807, 2.05) is 0 Å². The summed E-state index contributed by atoms with van der Waals surface area (Å²) < 4.78 is 30.2. The van der Waals surface area contributed by atoms with Crippen LogP contribution in [-0.4, -0.2) is 23.2 Å². The van der Waals surface area contributed by atoms with Crippen LogP contribution in [0.3, 0.4) is 0 Å². The van der Waals surface area contributed by atoms with Crippen LogP contribution in [0.5, 0.6) is 5.75 Å². The minimum Gasteiger partial charge on any atom is -0.496 e.